The number of nitrogens with zero attached hydrogens (tertiary/aromatic N) is 2. The number of aromatic nitrogens is 2. The van der Waals surface area contributed by atoms with Crippen LogP contribution in [0.5, 0.6) is 0 Å². The first kappa shape index (κ1) is 19.6. The Kier molecular flexibility index (Phi) is 5.40. The summed E-state index contributed by atoms with van der Waals surface area (Å²) in [6, 6.07) is 15.3. The third kappa shape index (κ3) is 3.91. The molecule has 0 bridgehead atoms. The van der Waals surface area contributed by atoms with E-state index in [1.165, 1.54) is 22.0 Å². The van der Waals surface area contributed by atoms with Crippen molar-refractivity contribution in [3.63, 3.8) is 0 Å². The van der Waals surface area contributed by atoms with Crippen molar-refractivity contribution in [2.24, 2.45) is 0 Å². The van der Waals surface area contributed by atoms with Crippen LogP contribution in [0.15, 0.2) is 74.0 Å². The van der Waals surface area contributed by atoms with Crippen molar-refractivity contribution in [3.8, 4) is 5.69 Å². The van der Waals surface area contributed by atoms with Gasteiger partial charge in [-0.25, -0.2) is 9.36 Å². The van der Waals surface area contributed by atoms with E-state index in [2.05, 4.69) is 21.2 Å². The Labute approximate surface area is 182 Å². The number of carbonyl (C=O) groups is 1. The van der Waals surface area contributed by atoms with Crippen LogP contribution in [0, 0.1) is 0 Å². The van der Waals surface area contributed by atoms with Crippen molar-refractivity contribution in [2.45, 2.75) is 6.54 Å². The second-order valence-corrected chi connectivity index (χ2v) is 8.45. The largest absolute Gasteiger partial charge is 0.336 e. The number of fused-ring (bicyclic) bond motifs is 1. The van der Waals surface area contributed by atoms with Crippen molar-refractivity contribution < 1.29 is 4.79 Å². The summed E-state index contributed by atoms with van der Waals surface area (Å²) in [6.07, 6.45) is 0. The molecule has 4 aromatic rings. The van der Waals surface area contributed by atoms with Crippen LogP contribution in [0.4, 0.5) is 5.69 Å². The molecule has 0 unspecified atom stereocenters. The minimum Gasteiger partial charge on any atom is -0.324 e. The summed E-state index contributed by atoms with van der Waals surface area (Å²) in [5.74, 6) is -0.381. The molecule has 6 nitrogen and oxygen atoms in total. The number of anilines is 1. The van der Waals surface area contributed by atoms with Crippen molar-refractivity contribution >= 4 is 60.7 Å². The SMILES string of the molecule is O=C(Cn1c(=O)n(-c2cccc(Cl)c2)c(=O)c2sccc21)Nc1cccc(Br)c1. The van der Waals surface area contributed by atoms with E-state index in [9.17, 15) is 14.4 Å². The lowest BCUT2D eigenvalue weighted by Crippen LogP contribution is -2.40. The molecule has 0 aliphatic heterocycles. The molecule has 146 valence electrons. The van der Waals surface area contributed by atoms with Gasteiger partial charge in [0.2, 0.25) is 5.91 Å². The van der Waals surface area contributed by atoms with E-state index in [1.54, 1.807) is 47.8 Å². The van der Waals surface area contributed by atoms with Crippen LogP contribution in [-0.4, -0.2) is 15.0 Å². The summed E-state index contributed by atoms with van der Waals surface area (Å²) in [4.78, 5) is 38.7. The highest BCUT2D eigenvalue weighted by Gasteiger charge is 2.17. The Bertz CT molecular complexity index is 1360. The minimum absolute atomic E-state index is 0.237. The zero-order valence-electron chi connectivity index (χ0n) is 14.8. The number of halogens is 2. The maximum absolute atomic E-state index is 13.2. The van der Waals surface area contributed by atoms with Gasteiger partial charge < -0.3 is 5.32 Å². The Morgan fingerprint density at radius 3 is 2.66 bits per heavy atom. The summed E-state index contributed by atoms with van der Waals surface area (Å²) in [5.41, 5.74) is 0.331. The van der Waals surface area contributed by atoms with Crippen LogP contribution in [0.25, 0.3) is 15.9 Å². The number of rotatable bonds is 4. The molecule has 29 heavy (non-hydrogen) atoms. The Morgan fingerprint density at radius 2 is 1.90 bits per heavy atom. The van der Waals surface area contributed by atoms with Gasteiger partial charge in [-0.05, 0) is 47.8 Å². The molecular formula is C20H13BrClN3O3S. The van der Waals surface area contributed by atoms with Crippen LogP contribution < -0.4 is 16.6 Å². The highest BCUT2D eigenvalue weighted by Crippen LogP contribution is 2.19. The van der Waals surface area contributed by atoms with E-state index in [0.29, 0.717) is 26.6 Å². The number of hydrogen-bond donors (Lipinski definition) is 1. The van der Waals surface area contributed by atoms with E-state index in [0.717, 1.165) is 9.04 Å². The molecule has 2 aromatic heterocycles. The predicted octanol–water partition coefficient (Wildman–Crippen LogP) is 4.27. The molecule has 9 heteroatoms. The smallest absolute Gasteiger partial charge is 0.324 e. The molecular weight excluding hydrogens is 478 g/mol. The van der Waals surface area contributed by atoms with Gasteiger partial charge in [0.05, 0.1) is 11.2 Å². The first-order chi connectivity index (χ1) is 13.9. The maximum atomic E-state index is 13.2. The van der Waals surface area contributed by atoms with Crippen LogP contribution >= 0.6 is 38.9 Å². The Morgan fingerprint density at radius 1 is 1.10 bits per heavy atom. The van der Waals surface area contributed by atoms with Crippen LogP contribution in [0.2, 0.25) is 5.02 Å². The predicted molar refractivity (Wildman–Crippen MR) is 119 cm³/mol. The third-order valence-electron chi connectivity index (χ3n) is 4.23. The van der Waals surface area contributed by atoms with Gasteiger partial charge in [-0.15, -0.1) is 11.3 Å². The molecule has 0 saturated carbocycles. The van der Waals surface area contributed by atoms with Gasteiger partial charge in [0, 0.05) is 15.2 Å². The monoisotopic (exact) mass is 489 g/mol. The average molecular weight is 491 g/mol. The second-order valence-electron chi connectivity index (χ2n) is 6.18. The molecule has 0 radical (unpaired) electrons. The second kappa shape index (κ2) is 7.98. The lowest BCUT2D eigenvalue weighted by molar-refractivity contribution is -0.116. The summed E-state index contributed by atoms with van der Waals surface area (Å²) >= 11 is 10.6. The molecule has 0 saturated heterocycles. The fourth-order valence-electron chi connectivity index (χ4n) is 2.99. The van der Waals surface area contributed by atoms with Gasteiger partial charge in [0.15, 0.2) is 0 Å². The van der Waals surface area contributed by atoms with Crippen LogP contribution in [0.3, 0.4) is 0 Å². The van der Waals surface area contributed by atoms with Gasteiger partial charge in [-0.3, -0.25) is 14.2 Å². The average Bonchev–Trinajstić information content (AvgIpc) is 3.15. The summed E-state index contributed by atoms with van der Waals surface area (Å²) < 4.78 is 3.54. The molecule has 0 aliphatic rings. The van der Waals surface area contributed by atoms with Crippen LogP contribution in [0.1, 0.15) is 0 Å². The summed E-state index contributed by atoms with van der Waals surface area (Å²) in [5, 5.41) is 4.89. The summed E-state index contributed by atoms with van der Waals surface area (Å²) in [7, 11) is 0. The molecule has 2 aromatic carbocycles. The van der Waals surface area contributed by atoms with E-state index in [-0.39, 0.29) is 12.5 Å². The van der Waals surface area contributed by atoms with Gasteiger partial charge in [0.25, 0.3) is 5.56 Å². The highest BCUT2D eigenvalue weighted by molar-refractivity contribution is 9.10. The van der Waals surface area contributed by atoms with Gasteiger partial charge in [0.1, 0.15) is 11.2 Å². The molecule has 0 spiro atoms. The quantitative estimate of drug-likeness (QED) is 0.464. The topological polar surface area (TPSA) is 73.1 Å². The van der Waals surface area contributed by atoms with Gasteiger partial charge in [-0.2, -0.15) is 0 Å². The maximum Gasteiger partial charge on any atom is 0.336 e. The van der Waals surface area contributed by atoms with Crippen molar-refractivity contribution in [3.05, 3.63) is 90.3 Å². The molecule has 1 N–H and O–H groups in total. The number of nitrogens with one attached hydrogen (secondary N) is 1. The molecule has 4 rings (SSSR count). The number of carbonyl (C=O) groups excluding carboxylic acids is 1. The fraction of sp³-hybridized carbons (Fsp3) is 0.0500. The van der Waals surface area contributed by atoms with E-state index in [1.807, 2.05) is 6.07 Å². The molecule has 1 amide bonds. The third-order valence-corrected chi connectivity index (χ3v) is 5.85. The van der Waals surface area contributed by atoms with Crippen molar-refractivity contribution in [2.75, 3.05) is 5.32 Å². The van der Waals surface area contributed by atoms with Gasteiger partial charge in [-0.1, -0.05) is 39.7 Å². The molecule has 0 fully saturated rings. The van der Waals surface area contributed by atoms with Crippen molar-refractivity contribution in [1.82, 2.24) is 9.13 Å². The minimum atomic E-state index is -0.604. The number of hydrogen-bond acceptors (Lipinski definition) is 4. The number of thiophene rings is 1. The lowest BCUT2D eigenvalue weighted by Gasteiger charge is -2.13. The first-order valence-electron chi connectivity index (χ1n) is 8.48. The molecule has 0 aliphatic carbocycles. The van der Waals surface area contributed by atoms with E-state index in [4.69, 9.17) is 11.6 Å². The van der Waals surface area contributed by atoms with E-state index < -0.39 is 11.2 Å². The van der Waals surface area contributed by atoms with E-state index >= 15 is 0 Å². The fourth-order valence-corrected chi connectivity index (χ4v) is 4.40. The molecule has 0 atom stereocenters. The van der Waals surface area contributed by atoms with Gasteiger partial charge >= 0.3 is 5.69 Å². The highest BCUT2D eigenvalue weighted by atomic mass is 79.9. The Balaban J connectivity index is 1.80. The zero-order valence-corrected chi connectivity index (χ0v) is 17.9. The lowest BCUT2D eigenvalue weighted by atomic mass is 10.3. The van der Waals surface area contributed by atoms with Crippen LogP contribution in [-0.2, 0) is 11.3 Å². The normalized spacial score (nSPS) is 11.0. The molecule has 2 heterocycles. The number of amides is 1. The number of benzene rings is 2. The summed E-state index contributed by atoms with van der Waals surface area (Å²) in [6.45, 7) is -0.237. The standard InChI is InChI=1S/C20H13BrClN3O3S/c21-12-3-1-5-14(9-12)23-17(26)11-24-16-7-8-29-18(16)19(27)25(20(24)28)15-6-2-4-13(22)10-15/h1-10H,11H2,(H,23,26). The zero-order chi connectivity index (χ0) is 20.5. The van der Waals surface area contributed by atoms with Crippen molar-refractivity contribution in [1.29, 1.82) is 0 Å². The Hall–Kier alpha value is -2.68. The first-order valence-corrected chi connectivity index (χ1v) is 10.5.